The molecule has 1 unspecified atom stereocenters. The largest absolute Gasteiger partial charge is 0.386 e. The Morgan fingerprint density at radius 1 is 1.40 bits per heavy atom. The van der Waals surface area contributed by atoms with Gasteiger partial charge >= 0.3 is 0 Å². The fourth-order valence-corrected chi connectivity index (χ4v) is 2.56. The Kier molecular flexibility index (Phi) is 3.36. The van der Waals surface area contributed by atoms with Crippen LogP contribution in [-0.2, 0) is 4.74 Å². The molecule has 0 saturated heterocycles. The molecule has 0 bridgehead atoms. The zero-order valence-electron chi connectivity index (χ0n) is 8.64. The van der Waals surface area contributed by atoms with Crippen molar-refractivity contribution in [3.05, 3.63) is 35.2 Å². The lowest BCUT2D eigenvalue weighted by atomic mass is 10.1. The van der Waals surface area contributed by atoms with Crippen molar-refractivity contribution in [2.75, 3.05) is 13.2 Å². The third-order valence-electron chi connectivity index (χ3n) is 2.35. The summed E-state index contributed by atoms with van der Waals surface area (Å²) in [5, 5.41) is 13.2. The fraction of sp³-hybridized carbons (Fsp3) is 0.333. The van der Waals surface area contributed by atoms with E-state index in [1.807, 2.05) is 24.4 Å². The molecule has 1 atom stereocenters. The van der Waals surface area contributed by atoms with Crippen molar-refractivity contribution in [2.24, 2.45) is 0 Å². The van der Waals surface area contributed by atoms with Crippen LogP contribution in [0.3, 0.4) is 0 Å². The molecule has 80 valence electrons. The number of benzene rings is 1. The maximum absolute atomic E-state index is 9.95. The third-order valence-corrected chi connectivity index (χ3v) is 3.33. The van der Waals surface area contributed by atoms with Crippen molar-refractivity contribution in [1.29, 1.82) is 0 Å². The van der Waals surface area contributed by atoms with Crippen LogP contribution in [-0.4, -0.2) is 18.3 Å². The molecule has 0 spiro atoms. The van der Waals surface area contributed by atoms with Crippen molar-refractivity contribution < 1.29 is 9.84 Å². The first-order chi connectivity index (χ1) is 7.33. The molecule has 2 rings (SSSR count). The molecular formula is C12H14O2S. The van der Waals surface area contributed by atoms with Crippen LogP contribution in [0.2, 0.25) is 0 Å². The van der Waals surface area contributed by atoms with Crippen molar-refractivity contribution in [2.45, 2.75) is 13.0 Å². The van der Waals surface area contributed by atoms with Crippen molar-refractivity contribution in [3.8, 4) is 0 Å². The van der Waals surface area contributed by atoms with E-state index in [0.29, 0.717) is 13.2 Å². The van der Waals surface area contributed by atoms with Crippen LogP contribution in [0.15, 0.2) is 29.6 Å². The molecule has 0 aliphatic rings. The predicted molar refractivity (Wildman–Crippen MR) is 63.3 cm³/mol. The van der Waals surface area contributed by atoms with Gasteiger partial charge in [0.15, 0.2) is 0 Å². The third kappa shape index (κ3) is 2.20. The average Bonchev–Trinajstić information content (AvgIpc) is 2.73. The van der Waals surface area contributed by atoms with Crippen LogP contribution in [0.5, 0.6) is 0 Å². The fourth-order valence-electron chi connectivity index (χ4n) is 1.60. The van der Waals surface area contributed by atoms with E-state index in [9.17, 15) is 5.11 Å². The second kappa shape index (κ2) is 4.75. The van der Waals surface area contributed by atoms with E-state index in [2.05, 4.69) is 12.1 Å². The first kappa shape index (κ1) is 10.6. The van der Waals surface area contributed by atoms with Crippen LogP contribution in [0, 0.1) is 0 Å². The van der Waals surface area contributed by atoms with Crippen molar-refractivity contribution >= 4 is 21.4 Å². The molecule has 0 aliphatic heterocycles. The highest BCUT2D eigenvalue weighted by molar-refractivity contribution is 7.17. The second-order valence-corrected chi connectivity index (χ2v) is 4.28. The monoisotopic (exact) mass is 222 g/mol. The molecule has 1 heterocycles. The molecular weight excluding hydrogens is 208 g/mol. The van der Waals surface area contributed by atoms with Crippen LogP contribution in [0.1, 0.15) is 18.6 Å². The Hall–Kier alpha value is -0.900. The van der Waals surface area contributed by atoms with Gasteiger partial charge in [0.05, 0.1) is 6.61 Å². The highest BCUT2D eigenvalue weighted by Crippen LogP contribution is 2.28. The van der Waals surface area contributed by atoms with Crippen molar-refractivity contribution in [1.82, 2.24) is 0 Å². The summed E-state index contributed by atoms with van der Waals surface area (Å²) in [6, 6.07) is 8.06. The molecule has 1 N–H and O–H groups in total. The first-order valence-corrected chi connectivity index (χ1v) is 5.93. The number of ether oxygens (including phenoxy) is 1. The summed E-state index contributed by atoms with van der Waals surface area (Å²) in [5.41, 5.74) is 0.968. The van der Waals surface area contributed by atoms with Crippen molar-refractivity contribution in [3.63, 3.8) is 0 Å². The van der Waals surface area contributed by atoms with Gasteiger partial charge in [-0.1, -0.05) is 18.2 Å². The van der Waals surface area contributed by atoms with E-state index in [1.54, 1.807) is 11.3 Å². The van der Waals surface area contributed by atoms with E-state index in [0.717, 1.165) is 10.3 Å². The molecule has 0 radical (unpaired) electrons. The van der Waals surface area contributed by atoms with Gasteiger partial charge in [-0.05, 0) is 23.8 Å². The smallest absolute Gasteiger partial charge is 0.104 e. The van der Waals surface area contributed by atoms with Gasteiger partial charge in [-0.15, -0.1) is 11.3 Å². The number of hydrogen-bond acceptors (Lipinski definition) is 3. The van der Waals surface area contributed by atoms with Gasteiger partial charge in [0.25, 0.3) is 0 Å². The number of hydrogen-bond donors (Lipinski definition) is 1. The minimum Gasteiger partial charge on any atom is -0.386 e. The summed E-state index contributed by atoms with van der Waals surface area (Å²) in [5.74, 6) is 0. The van der Waals surface area contributed by atoms with Gasteiger partial charge in [0.1, 0.15) is 6.10 Å². The van der Waals surface area contributed by atoms with Gasteiger partial charge in [-0.3, -0.25) is 0 Å². The molecule has 0 amide bonds. The van der Waals surface area contributed by atoms with E-state index in [4.69, 9.17) is 4.74 Å². The topological polar surface area (TPSA) is 29.5 Å². The minimum atomic E-state index is -0.521. The summed E-state index contributed by atoms with van der Waals surface area (Å²) in [6.07, 6.45) is -0.521. The first-order valence-electron chi connectivity index (χ1n) is 5.05. The maximum atomic E-state index is 9.95. The normalized spacial score (nSPS) is 13.2. The average molecular weight is 222 g/mol. The Labute approximate surface area is 93.1 Å². The molecule has 15 heavy (non-hydrogen) atoms. The molecule has 2 aromatic rings. The number of rotatable bonds is 4. The summed E-state index contributed by atoms with van der Waals surface area (Å²) < 4.78 is 6.39. The van der Waals surface area contributed by atoms with Gasteiger partial charge in [-0.25, -0.2) is 0 Å². The summed E-state index contributed by atoms with van der Waals surface area (Å²) in [4.78, 5) is 0. The number of fused-ring (bicyclic) bond motifs is 1. The van der Waals surface area contributed by atoms with E-state index in [1.165, 1.54) is 5.39 Å². The van der Waals surface area contributed by atoms with E-state index in [-0.39, 0.29) is 0 Å². The lowest BCUT2D eigenvalue weighted by Gasteiger charge is -2.11. The van der Waals surface area contributed by atoms with E-state index >= 15 is 0 Å². The quantitative estimate of drug-likeness (QED) is 0.861. The maximum Gasteiger partial charge on any atom is 0.104 e. The highest BCUT2D eigenvalue weighted by Gasteiger charge is 2.11. The Morgan fingerprint density at radius 3 is 3.07 bits per heavy atom. The van der Waals surface area contributed by atoms with Crippen LogP contribution < -0.4 is 0 Å². The predicted octanol–water partition coefficient (Wildman–Crippen LogP) is 2.97. The minimum absolute atomic E-state index is 0.369. The van der Waals surface area contributed by atoms with Gasteiger partial charge in [0.2, 0.25) is 0 Å². The van der Waals surface area contributed by atoms with Crippen LogP contribution in [0.25, 0.3) is 10.1 Å². The standard InChI is InChI=1S/C12H14O2S/c1-2-14-8-11(13)10-5-3-4-9-6-7-15-12(9)10/h3-7,11,13H,2,8H2,1H3. The lowest BCUT2D eigenvalue weighted by Crippen LogP contribution is -2.06. The lowest BCUT2D eigenvalue weighted by molar-refractivity contribution is 0.0428. The SMILES string of the molecule is CCOCC(O)c1cccc2ccsc12. The Bertz CT molecular complexity index is 436. The molecule has 0 aliphatic carbocycles. The number of aliphatic hydroxyl groups excluding tert-OH is 1. The van der Waals surface area contributed by atoms with Crippen LogP contribution in [0.4, 0.5) is 0 Å². The Balaban J connectivity index is 2.29. The zero-order valence-corrected chi connectivity index (χ0v) is 9.46. The summed E-state index contributed by atoms with van der Waals surface area (Å²) in [6.45, 7) is 2.93. The Morgan fingerprint density at radius 2 is 2.27 bits per heavy atom. The summed E-state index contributed by atoms with van der Waals surface area (Å²) in [7, 11) is 0. The molecule has 1 aromatic heterocycles. The van der Waals surface area contributed by atoms with E-state index < -0.39 is 6.10 Å². The highest BCUT2D eigenvalue weighted by atomic mass is 32.1. The number of aliphatic hydroxyl groups is 1. The number of thiophene rings is 1. The van der Waals surface area contributed by atoms with Gasteiger partial charge in [-0.2, -0.15) is 0 Å². The van der Waals surface area contributed by atoms with Gasteiger partial charge in [0, 0.05) is 16.9 Å². The summed E-state index contributed by atoms with van der Waals surface area (Å²) >= 11 is 1.66. The van der Waals surface area contributed by atoms with Gasteiger partial charge < -0.3 is 9.84 Å². The molecule has 0 fully saturated rings. The molecule has 1 aromatic carbocycles. The molecule has 3 heteroatoms. The van der Waals surface area contributed by atoms with Crippen LogP contribution >= 0.6 is 11.3 Å². The molecule has 2 nitrogen and oxygen atoms in total. The zero-order chi connectivity index (χ0) is 10.7. The second-order valence-electron chi connectivity index (χ2n) is 3.36. The molecule has 0 saturated carbocycles.